The molecule has 0 aliphatic rings. The van der Waals surface area contributed by atoms with Crippen LogP contribution in [0.25, 0.3) is 0 Å². The Morgan fingerprint density at radius 1 is 1.39 bits per heavy atom. The van der Waals surface area contributed by atoms with Crippen LogP contribution in [-0.4, -0.2) is 17.0 Å². The molecule has 2 N–H and O–H groups in total. The van der Waals surface area contributed by atoms with Crippen LogP contribution in [0.5, 0.6) is 0 Å². The summed E-state index contributed by atoms with van der Waals surface area (Å²) in [5.41, 5.74) is 8.32. The number of rotatable bonds is 3. The summed E-state index contributed by atoms with van der Waals surface area (Å²) >= 11 is 11.1. The Kier molecular flexibility index (Phi) is 3.79. The van der Waals surface area contributed by atoms with Gasteiger partial charge in [0.1, 0.15) is 4.99 Å². The fourth-order valence-electron chi connectivity index (χ4n) is 1.68. The maximum absolute atomic E-state index is 6.03. The van der Waals surface area contributed by atoms with Crippen molar-refractivity contribution in [3.05, 3.63) is 53.3 Å². The average molecular weight is 278 g/mol. The molecular formula is C13H12ClN3S. The van der Waals surface area contributed by atoms with Gasteiger partial charge in [-0.1, -0.05) is 23.8 Å². The summed E-state index contributed by atoms with van der Waals surface area (Å²) in [4.78, 5) is 6.39. The van der Waals surface area contributed by atoms with Crippen LogP contribution in [0.1, 0.15) is 5.56 Å². The number of pyridine rings is 1. The van der Waals surface area contributed by atoms with Crippen molar-refractivity contribution in [1.82, 2.24) is 4.98 Å². The summed E-state index contributed by atoms with van der Waals surface area (Å²) in [5, 5.41) is 0.640. The van der Waals surface area contributed by atoms with Gasteiger partial charge >= 0.3 is 0 Å². The van der Waals surface area contributed by atoms with Crippen LogP contribution in [0.3, 0.4) is 0 Å². The van der Waals surface area contributed by atoms with Gasteiger partial charge in [-0.25, -0.2) is 0 Å². The highest BCUT2D eigenvalue weighted by Gasteiger charge is 2.11. The van der Waals surface area contributed by atoms with E-state index < -0.39 is 0 Å². The molecule has 0 fully saturated rings. The van der Waals surface area contributed by atoms with Gasteiger partial charge < -0.3 is 10.6 Å². The van der Waals surface area contributed by atoms with Gasteiger partial charge in [0.2, 0.25) is 0 Å². The zero-order valence-corrected chi connectivity index (χ0v) is 11.4. The third-order valence-electron chi connectivity index (χ3n) is 2.62. The van der Waals surface area contributed by atoms with E-state index in [9.17, 15) is 0 Å². The summed E-state index contributed by atoms with van der Waals surface area (Å²) in [6.45, 7) is 0. The summed E-state index contributed by atoms with van der Waals surface area (Å²) < 4.78 is 0. The number of anilines is 2. The highest BCUT2D eigenvalue weighted by Crippen LogP contribution is 2.29. The molecule has 2 aromatic rings. The van der Waals surface area contributed by atoms with E-state index in [-0.39, 0.29) is 0 Å². The van der Waals surface area contributed by atoms with Crippen LogP contribution < -0.4 is 10.6 Å². The predicted molar refractivity (Wildman–Crippen MR) is 79.6 cm³/mol. The fraction of sp³-hybridized carbons (Fsp3) is 0.0769. The number of nitrogens with two attached hydrogens (primary N) is 1. The Morgan fingerprint density at radius 2 is 2.17 bits per heavy atom. The molecule has 1 aromatic heterocycles. The minimum atomic E-state index is 0.345. The Morgan fingerprint density at radius 3 is 2.78 bits per heavy atom. The quantitative estimate of drug-likeness (QED) is 0.875. The van der Waals surface area contributed by atoms with E-state index in [0.29, 0.717) is 10.0 Å². The van der Waals surface area contributed by atoms with Crippen LogP contribution in [0.2, 0.25) is 5.02 Å². The van der Waals surface area contributed by atoms with E-state index in [0.717, 1.165) is 16.9 Å². The molecule has 0 aliphatic heterocycles. The van der Waals surface area contributed by atoms with Crippen LogP contribution >= 0.6 is 23.8 Å². The normalized spacial score (nSPS) is 10.1. The minimum Gasteiger partial charge on any atom is -0.389 e. The molecule has 0 spiro atoms. The van der Waals surface area contributed by atoms with Gasteiger partial charge in [-0.05, 0) is 30.3 Å². The number of aromatic nitrogens is 1. The third kappa shape index (κ3) is 2.60. The first-order valence-corrected chi connectivity index (χ1v) is 6.11. The second kappa shape index (κ2) is 5.33. The Labute approximate surface area is 116 Å². The van der Waals surface area contributed by atoms with Crippen molar-refractivity contribution in [2.75, 3.05) is 11.9 Å². The molecule has 0 atom stereocenters. The van der Waals surface area contributed by atoms with Gasteiger partial charge in [0.05, 0.1) is 17.6 Å². The van der Waals surface area contributed by atoms with Gasteiger partial charge in [-0.3, -0.25) is 4.98 Å². The van der Waals surface area contributed by atoms with Crippen molar-refractivity contribution in [1.29, 1.82) is 0 Å². The standard InChI is InChI=1S/C13H12ClN3S/c1-17(10-3-2-6-16-8-10)12-7-9(14)4-5-11(12)13(15)18/h2-8H,1H3,(H2,15,18). The summed E-state index contributed by atoms with van der Waals surface area (Å²) in [6, 6.07) is 9.26. The first kappa shape index (κ1) is 12.8. The first-order valence-electron chi connectivity index (χ1n) is 5.32. The van der Waals surface area contributed by atoms with Gasteiger partial charge in [-0.15, -0.1) is 0 Å². The average Bonchev–Trinajstić information content (AvgIpc) is 2.38. The number of hydrogen-bond acceptors (Lipinski definition) is 3. The smallest absolute Gasteiger partial charge is 0.106 e. The van der Waals surface area contributed by atoms with Crippen molar-refractivity contribution in [2.45, 2.75) is 0 Å². The lowest BCUT2D eigenvalue weighted by atomic mass is 10.1. The maximum atomic E-state index is 6.03. The van der Waals surface area contributed by atoms with Crippen LogP contribution in [0.4, 0.5) is 11.4 Å². The van der Waals surface area contributed by atoms with E-state index in [1.807, 2.05) is 36.2 Å². The zero-order valence-electron chi connectivity index (χ0n) is 9.80. The molecule has 0 aliphatic carbocycles. The van der Waals surface area contributed by atoms with Crippen molar-refractivity contribution < 1.29 is 0 Å². The molecule has 0 saturated heterocycles. The summed E-state index contributed by atoms with van der Waals surface area (Å²) in [6.07, 6.45) is 3.49. The van der Waals surface area contributed by atoms with Gasteiger partial charge in [0.15, 0.2) is 0 Å². The molecule has 0 bridgehead atoms. The Balaban J connectivity index is 2.50. The second-order valence-corrected chi connectivity index (χ2v) is 4.67. The van der Waals surface area contributed by atoms with Gasteiger partial charge in [0, 0.05) is 23.8 Å². The SMILES string of the molecule is CN(c1cccnc1)c1cc(Cl)ccc1C(N)=S. The molecule has 1 heterocycles. The lowest BCUT2D eigenvalue weighted by Crippen LogP contribution is -2.17. The first-order chi connectivity index (χ1) is 8.59. The van der Waals surface area contributed by atoms with Crippen LogP contribution in [0.15, 0.2) is 42.7 Å². The van der Waals surface area contributed by atoms with Crippen molar-refractivity contribution in [2.24, 2.45) is 5.73 Å². The molecule has 18 heavy (non-hydrogen) atoms. The molecule has 1 aromatic carbocycles. The lowest BCUT2D eigenvalue weighted by molar-refractivity contribution is 1.17. The topological polar surface area (TPSA) is 42.2 Å². The van der Waals surface area contributed by atoms with Gasteiger partial charge in [-0.2, -0.15) is 0 Å². The number of hydrogen-bond donors (Lipinski definition) is 1. The van der Waals surface area contributed by atoms with E-state index >= 15 is 0 Å². The minimum absolute atomic E-state index is 0.345. The second-order valence-electron chi connectivity index (χ2n) is 3.80. The van der Waals surface area contributed by atoms with Crippen molar-refractivity contribution in [3.8, 4) is 0 Å². The maximum Gasteiger partial charge on any atom is 0.106 e. The van der Waals surface area contributed by atoms with E-state index in [2.05, 4.69) is 4.98 Å². The lowest BCUT2D eigenvalue weighted by Gasteiger charge is -2.22. The number of nitrogens with zero attached hydrogens (tertiary/aromatic N) is 2. The molecule has 0 saturated carbocycles. The molecule has 5 heteroatoms. The van der Waals surface area contributed by atoms with Crippen molar-refractivity contribution in [3.63, 3.8) is 0 Å². The summed E-state index contributed by atoms with van der Waals surface area (Å²) in [7, 11) is 1.92. The molecule has 0 radical (unpaired) electrons. The molecule has 0 amide bonds. The predicted octanol–water partition coefficient (Wildman–Crippen LogP) is 3.14. The molecular weight excluding hydrogens is 266 g/mol. The van der Waals surface area contributed by atoms with Gasteiger partial charge in [0.25, 0.3) is 0 Å². The summed E-state index contributed by atoms with van der Waals surface area (Å²) in [5.74, 6) is 0. The van der Waals surface area contributed by atoms with E-state index in [1.54, 1.807) is 18.5 Å². The number of halogens is 1. The highest BCUT2D eigenvalue weighted by molar-refractivity contribution is 7.80. The zero-order chi connectivity index (χ0) is 13.1. The van der Waals surface area contributed by atoms with E-state index in [4.69, 9.17) is 29.6 Å². The number of benzene rings is 1. The molecule has 0 unspecified atom stereocenters. The fourth-order valence-corrected chi connectivity index (χ4v) is 2.02. The monoisotopic (exact) mass is 277 g/mol. The Hall–Kier alpha value is -1.65. The highest BCUT2D eigenvalue weighted by atomic mass is 35.5. The molecule has 2 rings (SSSR count). The van der Waals surface area contributed by atoms with Crippen LogP contribution in [-0.2, 0) is 0 Å². The van der Waals surface area contributed by atoms with E-state index in [1.165, 1.54) is 0 Å². The third-order valence-corrected chi connectivity index (χ3v) is 3.07. The number of thiocarbonyl (C=S) groups is 1. The Bertz CT molecular complexity index is 572. The largest absolute Gasteiger partial charge is 0.389 e. The van der Waals surface area contributed by atoms with Crippen molar-refractivity contribution >= 4 is 40.2 Å². The molecule has 92 valence electrons. The molecule has 3 nitrogen and oxygen atoms in total. The van der Waals surface area contributed by atoms with Crippen LogP contribution in [0, 0.1) is 0 Å².